The van der Waals surface area contributed by atoms with Gasteiger partial charge in [0, 0.05) is 12.0 Å². The summed E-state index contributed by atoms with van der Waals surface area (Å²) in [6, 6.07) is 0. The Kier molecular flexibility index (Phi) is 13.3. The highest BCUT2D eigenvalue weighted by molar-refractivity contribution is 7.98. The standard InChI is InChI=1S/C12H22O4S.C12H22O2S/c1-16-11(13)12(7-3-4-8-12)9-5-6-10-17(2,14)15;1-14-11(13)12(7-3-4-8-12)9-5-6-10-15-2/h3-10H2,1-2H3;3-10H2,1-2H3. The maximum Gasteiger partial charge on any atom is 0.311 e. The van der Waals surface area contributed by atoms with Gasteiger partial charge in [-0.3, -0.25) is 9.59 Å². The van der Waals surface area contributed by atoms with Crippen molar-refractivity contribution in [2.24, 2.45) is 10.8 Å². The Morgan fingerprint density at radius 2 is 1.19 bits per heavy atom. The zero-order valence-electron chi connectivity index (χ0n) is 20.6. The van der Waals surface area contributed by atoms with Gasteiger partial charge in [0.1, 0.15) is 9.84 Å². The highest BCUT2D eigenvalue weighted by atomic mass is 32.2. The summed E-state index contributed by atoms with van der Waals surface area (Å²) < 4.78 is 31.8. The molecule has 0 aromatic heterocycles. The van der Waals surface area contributed by atoms with E-state index in [0.717, 1.165) is 64.2 Å². The number of sulfone groups is 1. The first-order valence-electron chi connectivity index (χ1n) is 12.0. The van der Waals surface area contributed by atoms with Gasteiger partial charge in [0.15, 0.2) is 0 Å². The molecule has 2 saturated carbocycles. The zero-order chi connectivity index (χ0) is 24.1. The van der Waals surface area contributed by atoms with Crippen LogP contribution in [0.15, 0.2) is 0 Å². The number of hydrogen-bond acceptors (Lipinski definition) is 7. The maximum absolute atomic E-state index is 11.8. The van der Waals surface area contributed by atoms with E-state index in [4.69, 9.17) is 9.47 Å². The Bertz CT molecular complexity index is 662. The molecule has 0 atom stereocenters. The average molecular weight is 493 g/mol. The predicted molar refractivity (Wildman–Crippen MR) is 132 cm³/mol. The lowest BCUT2D eigenvalue weighted by Crippen LogP contribution is -2.29. The molecule has 0 spiro atoms. The van der Waals surface area contributed by atoms with Crippen LogP contribution in [0.5, 0.6) is 0 Å². The lowest BCUT2D eigenvalue weighted by atomic mass is 9.81. The molecule has 0 N–H and O–H groups in total. The first-order valence-corrected chi connectivity index (χ1v) is 15.4. The monoisotopic (exact) mass is 492 g/mol. The van der Waals surface area contributed by atoms with E-state index in [1.807, 2.05) is 11.8 Å². The van der Waals surface area contributed by atoms with Crippen LogP contribution in [0, 0.1) is 10.8 Å². The van der Waals surface area contributed by atoms with Gasteiger partial charge in [0.2, 0.25) is 0 Å². The summed E-state index contributed by atoms with van der Waals surface area (Å²) in [5.41, 5.74) is -0.445. The second kappa shape index (κ2) is 14.5. The van der Waals surface area contributed by atoms with E-state index in [1.54, 1.807) is 0 Å². The molecule has 0 aromatic rings. The quantitative estimate of drug-likeness (QED) is 0.274. The van der Waals surface area contributed by atoms with Gasteiger partial charge < -0.3 is 9.47 Å². The molecule has 0 bridgehead atoms. The fourth-order valence-corrected chi connectivity index (χ4v) is 6.41. The molecule has 0 saturated heterocycles. The summed E-state index contributed by atoms with van der Waals surface area (Å²) in [6.45, 7) is 0. The van der Waals surface area contributed by atoms with Crippen LogP contribution in [0.3, 0.4) is 0 Å². The number of thioether (sulfide) groups is 1. The second-order valence-corrected chi connectivity index (χ2v) is 12.7. The van der Waals surface area contributed by atoms with Crippen molar-refractivity contribution in [3.8, 4) is 0 Å². The Morgan fingerprint density at radius 3 is 1.53 bits per heavy atom. The summed E-state index contributed by atoms with van der Waals surface area (Å²) in [5, 5.41) is 0. The third kappa shape index (κ3) is 9.62. The van der Waals surface area contributed by atoms with Gasteiger partial charge >= 0.3 is 11.9 Å². The molecule has 2 aliphatic rings. The van der Waals surface area contributed by atoms with E-state index >= 15 is 0 Å². The number of unbranched alkanes of at least 4 members (excludes halogenated alkanes) is 2. The highest BCUT2D eigenvalue weighted by Gasteiger charge is 2.42. The molecule has 0 heterocycles. The fraction of sp³-hybridized carbons (Fsp3) is 0.917. The fourth-order valence-electron chi connectivity index (χ4n) is 5.19. The van der Waals surface area contributed by atoms with Crippen LogP contribution in [0.4, 0.5) is 0 Å². The predicted octanol–water partition coefficient (Wildman–Crippen LogP) is 5.19. The molecule has 0 radical (unpaired) electrons. The number of methoxy groups -OCH3 is 2. The average Bonchev–Trinajstić information content (AvgIpc) is 3.44. The molecule has 32 heavy (non-hydrogen) atoms. The summed E-state index contributed by atoms with van der Waals surface area (Å²) in [7, 11) is 0.0660. The first-order chi connectivity index (χ1) is 15.1. The molecule has 0 amide bonds. The number of esters is 2. The molecule has 0 aliphatic heterocycles. The van der Waals surface area contributed by atoms with Gasteiger partial charge in [-0.25, -0.2) is 8.42 Å². The van der Waals surface area contributed by atoms with Crippen molar-refractivity contribution < 1.29 is 27.5 Å². The number of carbonyl (C=O) groups is 2. The van der Waals surface area contributed by atoms with E-state index in [9.17, 15) is 18.0 Å². The largest absolute Gasteiger partial charge is 0.469 e. The molecule has 0 unspecified atom stereocenters. The summed E-state index contributed by atoms with van der Waals surface area (Å²) >= 11 is 1.88. The summed E-state index contributed by atoms with van der Waals surface area (Å²) in [5.74, 6) is 1.33. The van der Waals surface area contributed by atoms with Crippen molar-refractivity contribution in [3.05, 3.63) is 0 Å². The topological polar surface area (TPSA) is 86.7 Å². The van der Waals surface area contributed by atoms with Crippen LogP contribution in [-0.4, -0.2) is 58.6 Å². The molecule has 6 nitrogen and oxygen atoms in total. The van der Waals surface area contributed by atoms with Crippen molar-refractivity contribution in [1.29, 1.82) is 0 Å². The van der Waals surface area contributed by atoms with Gasteiger partial charge in [0.05, 0.1) is 25.0 Å². The third-order valence-electron chi connectivity index (χ3n) is 7.03. The van der Waals surface area contributed by atoms with Crippen molar-refractivity contribution in [2.45, 2.75) is 89.9 Å². The number of carbonyl (C=O) groups excluding carboxylic acids is 2. The first kappa shape index (κ1) is 29.3. The van der Waals surface area contributed by atoms with E-state index in [-0.39, 0.29) is 28.5 Å². The summed E-state index contributed by atoms with van der Waals surface area (Å²) in [4.78, 5) is 23.6. The molecular weight excluding hydrogens is 448 g/mol. The SMILES string of the molecule is COC(=O)C1(CCCCS(C)(=O)=O)CCCC1.COC(=O)C1(CCCCSC)CCCC1. The third-order valence-corrected chi connectivity index (χ3v) is 8.76. The van der Waals surface area contributed by atoms with E-state index in [0.29, 0.717) is 6.42 Å². The van der Waals surface area contributed by atoms with Gasteiger partial charge in [-0.1, -0.05) is 38.5 Å². The Morgan fingerprint density at radius 1 is 0.781 bits per heavy atom. The van der Waals surface area contributed by atoms with Gasteiger partial charge in [-0.15, -0.1) is 0 Å². The van der Waals surface area contributed by atoms with Crippen LogP contribution in [0.25, 0.3) is 0 Å². The van der Waals surface area contributed by atoms with Crippen LogP contribution in [-0.2, 0) is 28.9 Å². The minimum absolute atomic E-state index is 0.0316. The van der Waals surface area contributed by atoms with Crippen molar-refractivity contribution in [3.63, 3.8) is 0 Å². The van der Waals surface area contributed by atoms with Crippen molar-refractivity contribution in [2.75, 3.05) is 38.2 Å². The zero-order valence-corrected chi connectivity index (χ0v) is 22.2. The molecule has 2 aliphatic carbocycles. The van der Waals surface area contributed by atoms with Crippen LogP contribution >= 0.6 is 11.8 Å². The van der Waals surface area contributed by atoms with Gasteiger partial charge in [-0.05, 0) is 63.4 Å². The number of ether oxygens (including phenoxy) is 2. The van der Waals surface area contributed by atoms with Crippen molar-refractivity contribution in [1.82, 2.24) is 0 Å². The normalized spacial score (nSPS) is 19.1. The number of hydrogen-bond donors (Lipinski definition) is 0. The maximum atomic E-state index is 11.8. The van der Waals surface area contributed by atoms with Gasteiger partial charge in [0.25, 0.3) is 0 Å². The Labute approximate surface area is 199 Å². The van der Waals surface area contributed by atoms with E-state index in [2.05, 4.69) is 6.26 Å². The molecule has 0 aromatic carbocycles. The minimum atomic E-state index is -2.88. The number of rotatable bonds is 12. The molecule has 2 fully saturated rings. The van der Waals surface area contributed by atoms with E-state index < -0.39 is 9.84 Å². The Hall–Kier alpha value is -0.760. The lowest BCUT2D eigenvalue weighted by molar-refractivity contribution is -0.153. The lowest BCUT2D eigenvalue weighted by Gasteiger charge is -2.25. The molecule has 188 valence electrons. The van der Waals surface area contributed by atoms with Crippen molar-refractivity contribution >= 4 is 33.5 Å². The second-order valence-electron chi connectivity index (χ2n) is 9.49. The smallest absolute Gasteiger partial charge is 0.311 e. The molecular formula is C24H44O6S2. The van der Waals surface area contributed by atoms with Gasteiger partial charge in [-0.2, -0.15) is 11.8 Å². The molecule has 2 rings (SSSR count). The highest BCUT2D eigenvalue weighted by Crippen LogP contribution is 2.44. The Balaban J connectivity index is 0.000000323. The van der Waals surface area contributed by atoms with Crippen LogP contribution in [0.1, 0.15) is 89.9 Å². The minimum Gasteiger partial charge on any atom is -0.469 e. The van der Waals surface area contributed by atoms with Crippen LogP contribution < -0.4 is 0 Å². The molecule has 8 heteroatoms. The van der Waals surface area contributed by atoms with Crippen LogP contribution in [0.2, 0.25) is 0 Å². The summed E-state index contributed by atoms with van der Waals surface area (Å²) in [6.07, 6.45) is 17.3. The van der Waals surface area contributed by atoms with E-state index in [1.165, 1.54) is 45.5 Å².